The third kappa shape index (κ3) is 3.19. The summed E-state index contributed by atoms with van der Waals surface area (Å²) in [7, 11) is 2.89. The molecule has 0 saturated carbocycles. The topological polar surface area (TPSA) is 69.6 Å². The molecule has 128 valence electrons. The highest BCUT2D eigenvalue weighted by Gasteiger charge is 2.17. The quantitative estimate of drug-likeness (QED) is 0.794. The van der Waals surface area contributed by atoms with E-state index >= 15 is 0 Å². The first-order valence-corrected chi connectivity index (χ1v) is 7.70. The van der Waals surface area contributed by atoms with Crippen molar-refractivity contribution in [2.45, 2.75) is 6.92 Å². The van der Waals surface area contributed by atoms with Crippen LogP contribution in [0.25, 0.3) is 10.8 Å². The number of amides is 1. The molecule has 2 aromatic carbocycles. The monoisotopic (exact) mass is 338 g/mol. The van der Waals surface area contributed by atoms with E-state index in [1.54, 1.807) is 43.5 Å². The molecule has 0 fully saturated rings. The van der Waals surface area contributed by atoms with Crippen LogP contribution < -0.4 is 20.5 Å². The van der Waals surface area contributed by atoms with Gasteiger partial charge in [0, 0.05) is 5.69 Å². The Morgan fingerprint density at radius 3 is 2.40 bits per heavy atom. The maximum absolute atomic E-state index is 12.6. The largest absolute Gasteiger partial charge is 0.497 e. The van der Waals surface area contributed by atoms with Gasteiger partial charge >= 0.3 is 0 Å². The van der Waals surface area contributed by atoms with Gasteiger partial charge in [0.25, 0.3) is 11.5 Å². The van der Waals surface area contributed by atoms with Crippen LogP contribution >= 0.6 is 0 Å². The van der Waals surface area contributed by atoms with Crippen molar-refractivity contribution < 1.29 is 14.4 Å². The van der Waals surface area contributed by atoms with E-state index in [2.05, 4.69) is 5.32 Å². The zero-order chi connectivity index (χ0) is 18.0. The minimum absolute atomic E-state index is 0.105. The Bertz CT molecular complexity index is 991. The summed E-state index contributed by atoms with van der Waals surface area (Å²) < 4.78 is 6.17. The summed E-state index contributed by atoms with van der Waals surface area (Å²) in [6.07, 6.45) is 0. The number of benzene rings is 2. The van der Waals surface area contributed by atoms with Crippen LogP contribution in [0.5, 0.6) is 5.75 Å². The van der Waals surface area contributed by atoms with E-state index in [-0.39, 0.29) is 5.69 Å². The second-order valence-corrected chi connectivity index (χ2v) is 5.59. The van der Waals surface area contributed by atoms with Crippen molar-refractivity contribution in [1.82, 2.24) is 4.73 Å². The minimum atomic E-state index is -0.437. The van der Waals surface area contributed by atoms with Gasteiger partial charge in [-0.3, -0.25) is 9.59 Å². The predicted molar refractivity (Wildman–Crippen MR) is 96.4 cm³/mol. The van der Waals surface area contributed by atoms with E-state index < -0.39 is 11.5 Å². The Hall–Kier alpha value is -3.28. The molecule has 1 heterocycles. The lowest BCUT2D eigenvalue weighted by Crippen LogP contribution is -2.32. The van der Waals surface area contributed by atoms with E-state index in [0.717, 1.165) is 10.3 Å². The fourth-order valence-electron chi connectivity index (χ4n) is 2.58. The zero-order valence-electron chi connectivity index (χ0n) is 14.2. The van der Waals surface area contributed by atoms with E-state index in [0.29, 0.717) is 22.2 Å². The Balaban J connectivity index is 2.08. The van der Waals surface area contributed by atoms with Crippen molar-refractivity contribution in [3.05, 3.63) is 70.1 Å². The normalized spacial score (nSPS) is 10.5. The van der Waals surface area contributed by atoms with E-state index in [1.807, 2.05) is 19.1 Å². The highest BCUT2D eigenvalue weighted by Crippen LogP contribution is 2.20. The van der Waals surface area contributed by atoms with Gasteiger partial charge in [0.1, 0.15) is 18.6 Å². The Labute approximate surface area is 144 Å². The number of methoxy groups -OCH3 is 1. The molecule has 1 N–H and O–H groups in total. The summed E-state index contributed by atoms with van der Waals surface area (Å²) in [6, 6.07) is 14.0. The maximum atomic E-state index is 12.6. The number of nitrogens with one attached hydrogen (secondary N) is 1. The first kappa shape index (κ1) is 16.6. The van der Waals surface area contributed by atoms with Gasteiger partial charge in [0.05, 0.1) is 12.5 Å². The molecule has 25 heavy (non-hydrogen) atoms. The van der Waals surface area contributed by atoms with Gasteiger partial charge in [-0.25, -0.2) is 0 Å². The van der Waals surface area contributed by atoms with Gasteiger partial charge in [-0.05, 0) is 48.7 Å². The van der Waals surface area contributed by atoms with Crippen molar-refractivity contribution in [3.63, 3.8) is 0 Å². The number of hydrogen-bond donors (Lipinski definition) is 1. The van der Waals surface area contributed by atoms with Gasteiger partial charge in [-0.15, -0.1) is 4.73 Å². The van der Waals surface area contributed by atoms with E-state index in [4.69, 9.17) is 9.57 Å². The molecular weight excluding hydrogens is 320 g/mol. The number of fused-ring (bicyclic) bond motifs is 1. The molecule has 6 heteroatoms. The fourth-order valence-corrected chi connectivity index (χ4v) is 2.58. The SMILES string of the molecule is COc1ccc2c(=O)n(OC)c(C(=O)Nc3ccc(C)cc3)cc2c1. The van der Waals surface area contributed by atoms with Gasteiger partial charge in [-0.1, -0.05) is 17.7 Å². The van der Waals surface area contributed by atoms with E-state index in [1.165, 1.54) is 7.11 Å². The van der Waals surface area contributed by atoms with Crippen LogP contribution in [0, 0.1) is 6.92 Å². The molecule has 1 aromatic heterocycles. The molecule has 0 bridgehead atoms. The number of nitrogens with zero attached hydrogens (tertiary/aromatic N) is 1. The van der Waals surface area contributed by atoms with Crippen LogP contribution in [0.1, 0.15) is 16.1 Å². The molecular formula is C19H18N2O4. The summed E-state index contributed by atoms with van der Waals surface area (Å²) >= 11 is 0. The van der Waals surface area contributed by atoms with Crippen molar-refractivity contribution >= 4 is 22.4 Å². The Kier molecular flexibility index (Phi) is 4.43. The standard InChI is InChI=1S/C19H18N2O4/c1-12-4-6-14(7-5-12)20-18(22)17-11-13-10-15(24-2)8-9-16(13)19(23)21(17)25-3/h4-11H,1-3H3,(H,20,22). The van der Waals surface area contributed by atoms with Gasteiger partial charge in [-0.2, -0.15) is 0 Å². The summed E-state index contributed by atoms with van der Waals surface area (Å²) in [5.41, 5.74) is 1.42. The highest BCUT2D eigenvalue weighted by atomic mass is 16.7. The number of hydrogen-bond acceptors (Lipinski definition) is 4. The third-order valence-electron chi connectivity index (χ3n) is 3.91. The summed E-state index contributed by atoms with van der Waals surface area (Å²) in [5, 5.41) is 3.81. The summed E-state index contributed by atoms with van der Waals surface area (Å²) in [6.45, 7) is 1.96. The molecule has 3 rings (SSSR count). The average Bonchev–Trinajstić information content (AvgIpc) is 2.63. The van der Waals surface area contributed by atoms with Crippen LogP contribution in [-0.4, -0.2) is 24.9 Å². The molecule has 1 amide bonds. The number of ether oxygens (including phenoxy) is 1. The lowest BCUT2D eigenvalue weighted by atomic mass is 10.1. The third-order valence-corrected chi connectivity index (χ3v) is 3.91. The van der Waals surface area contributed by atoms with Crippen molar-refractivity contribution in [3.8, 4) is 5.75 Å². The number of anilines is 1. The molecule has 0 radical (unpaired) electrons. The number of carbonyl (C=O) groups excluding carboxylic acids is 1. The van der Waals surface area contributed by atoms with Gasteiger partial charge in [0.2, 0.25) is 0 Å². The smallest absolute Gasteiger partial charge is 0.291 e. The Morgan fingerprint density at radius 1 is 1.04 bits per heavy atom. The minimum Gasteiger partial charge on any atom is -0.497 e. The number of carbonyl (C=O) groups is 1. The second kappa shape index (κ2) is 6.68. The molecule has 0 unspecified atom stereocenters. The molecule has 0 atom stereocenters. The van der Waals surface area contributed by atoms with Crippen molar-refractivity contribution in [2.24, 2.45) is 0 Å². The van der Waals surface area contributed by atoms with Crippen LogP contribution in [0.2, 0.25) is 0 Å². The number of aryl methyl sites for hydroxylation is 1. The van der Waals surface area contributed by atoms with Gasteiger partial charge in [0.15, 0.2) is 0 Å². The average molecular weight is 338 g/mol. The molecule has 3 aromatic rings. The Morgan fingerprint density at radius 2 is 1.76 bits per heavy atom. The van der Waals surface area contributed by atoms with Crippen LogP contribution in [-0.2, 0) is 0 Å². The van der Waals surface area contributed by atoms with Crippen LogP contribution in [0.4, 0.5) is 5.69 Å². The fraction of sp³-hybridized carbons (Fsp3) is 0.158. The highest BCUT2D eigenvalue weighted by molar-refractivity contribution is 6.05. The molecule has 0 aliphatic rings. The summed E-state index contributed by atoms with van der Waals surface area (Å²) in [5.74, 6) is 0.166. The maximum Gasteiger partial charge on any atom is 0.291 e. The predicted octanol–water partition coefficient (Wildman–Crippen LogP) is 2.63. The van der Waals surface area contributed by atoms with Crippen LogP contribution in [0.3, 0.4) is 0 Å². The van der Waals surface area contributed by atoms with Crippen LogP contribution in [0.15, 0.2) is 53.3 Å². The molecule has 0 spiro atoms. The first-order valence-electron chi connectivity index (χ1n) is 7.70. The molecule has 0 aliphatic heterocycles. The van der Waals surface area contributed by atoms with Crippen molar-refractivity contribution in [1.29, 1.82) is 0 Å². The molecule has 0 saturated heterocycles. The second-order valence-electron chi connectivity index (χ2n) is 5.59. The molecule has 6 nitrogen and oxygen atoms in total. The van der Waals surface area contributed by atoms with Gasteiger partial charge < -0.3 is 14.9 Å². The number of pyridine rings is 1. The van der Waals surface area contributed by atoms with E-state index in [9.17, 15) is 9.59 Å². The lowest BCUT2D eigenvalue weighted by molar-refractivity contribution is 0.0952. The zero-order valence-corrected chi connectivity index (χ0v) is 14.2. The first-order chi connectivity index (χ1) is 12.0. The summed E-state index contributed by atoms with van der Waals surface area (Å²) in [4.78, 5) is 30.4. The number of aromatic nitrogens is 1. The van der Waals surface area contributed by atoms with Crippen molar-refractivity contribution in [2.75, 3.05) is 19.5 Å². The molecule has 0 aliphatic carbocycles. The lowest BCUT2D eigenvalue weighted by Gasteiger charge is -2.13. The number of rotatable bonds is 4.